The fourth-order valence-corrected chi connectivity index (χ4v) is 1.80. The Morgan fingerprint density at radius 2 is 2.05 bits per heavy atom. The molecule has 1 aromatic rings. The van der Waals surface area contributed by atoms with Crippen molar-refractivity contribution in [3.8, 4) is 0 Å². The number of carbonyl (C=O) groups is 1. The molecule has 0 aromatic carbocycles. The average Bonchev–Trinajstić information content (AvgIpc) is 2.38. The molecule has 19 heavy (non-hydrogen) atoms. The van der Waals surface area contributed by atoms with Crippen LogP contribution in [0.4, 0.5) is 17.6 Å². The SMILES string of the molecule is O=C(c1ccc(F)nc1)N1CC=C(C(F)(F)F)CC1. The van der Waals surface area contributed by atoms with Crippen molar-refractivity contribution in [3.63, 3.8) is 0 Å². The molecule has 0 aliphatic carbocycles. The zero-order valence-electron chi connectivity index (χ0n) is 9.75. The average molecular weight is 274 g/mol. The molecule has 3 nitrogen and oxygen atoms in total. The molecular weight excluding hydrogens is 264 g/mol. The van der Waals surface area contributed by atoms with Crippen molar-refractivity contribution in [2.75, 3.05) is 13.1 Å². The fraction of sp³-hybridized carbons (Fsp3) is 0.333. The molecule has 2 rings (SSSR count). The van der Waals surface area contributed by atoms with Crippen molar-refractivity contribution < 1.29 is 22.4 Å². The van der Waals surface area contributed by atoms with E-state index in [0.29, 0.717) is 0 Å². The van der Waals surface area contributed by atoms with Crippen LogP contribution in [0.1, 0.15) is 16.8 Å². The third kappa shape index (κ3) is 3.10. The number of hydrogen-bond acceptors (Lipinski definition) is 2. The highest BCUT2D eigenvalue weighted by atomic mass is 19.4. The summed E-state index contributed by atoms with van der Waals surface area (Å²) in [5.74, 6) is -1.17. The molecule has 0 atom stereocenters. The Balaban J connectivity index is 2.07. The highest BCUT2D eigenvalue weighted by Crippen LogP contribution is 2.30. The van der Waals surface area contributed by atoms with Gasteiger partial charge in [0, 0.05) is 24.9 Å². The van der Waals surface area contributed by atoms with Crippen LogP contribution >= 0.6 is 0 Å². The van der Waals surface area contributed by atoms with Crippen LogP contribution in [0.3, 0.4) is 0 Å². The lowest BCUT2D eigenvalue weighted by atomic mass is 10.1. The van der Waals surface area contributed by atoms with Gasteiger partial charge in [-0.25, -0.2) is 4.98 Å². The van der Waals surface area contributed by atoms with Gasteiger partial charge in [-0.3, -0.25) is 4.79 Å². The van der Waals surface area contributed by atoms with Gasteiger partial charge in [0.05, 0.1) is 5.56 Å². The van der Waals surface area contributed by atoms with Gasteiger partial charge in [-0.15, -0.1) is 0 Å². The maximum absolute atomic E-state index is 12.6. The first-order valence-electron chi connectivity index (χ1n) is 5.55. The Morgan fingerprint density at radius 1 is 1.32 bits per heavy atom. The predicted molar refractivity (Wildman–Crippen MR) is 58.9 cm³/mol. The predicted octanol–water partition coefficient (Wildman–Crippen LogP) is 2.56. The Labute approximate surface area is 106 Å². The van der Waals surface area contributed by atoms with Gasteiger partial charge in [-0.05, 0) is 18.6 Å². The van der Waals surface area contributed by atoms with Crippen molar-refractivity contribution in [1.29, 1.82) is 0 Å². The second-order valence-corrected chi connectivity index (χ2v) is 4.10. The first-order chi connectivity index (χ1) is 8.88. The zero-order chi connectivity index (χ0) is 14.0. The van der Waals surface area contributed by atoms with Gasteiger partial charge in [0.2, 0.25) is 5.95 Å². The van der Waals surface area contributed by atoms with E-state index in [9.17, 15) is 22.4 Å². The summed E-state index contributed by atoms with van der Waals surface area (Å²) in [6.45, 7) is -0.118. The third-order valence-electron chi connectivity index (χ3n) is 2.83. The molecule has 1 aromatic heterocycles. The number of alkyl halides is 3. The summed E-state index contributed by atoms with van der Waals surface area (Å²) in [5.41, 5.74) is -0.459. The minimum absolute atomic E-state index is 0.0123. The first-order valence-corrected chi connectivity index (χ1v) is 5.55. The smallest absolute Gasteiger partial charge is 0.335 e. The maximum Gasteiger partial charge on any atom is 0.412 e. The van der Waals surface area contributed by atoms with Crippen LogP contribution < -0.4 is 0 Å². The van der Waals surface area contributed by atoms with E-state index >= 15 is 0 Å². The van der Waals surface area contributed by atoms with Crippen LogP contribution in [0.25, 0.3) is 0 Å². The number of carbonyl (C=O) groups excluding carboxylic acids is 1. The van der Waals surface area contributed by atoms with E-state index in [2.05, 4.69) is 4.98 Å². The molecule has 0 saturated heterocycles. The molecule has 0 fully saturated rings. The molecule has 2 heterocycles. The second-order valence-electron chi connectivity index (χ2n) is 4.10. The van der Waals surface area contributed by atoms with Crippen molar-refractivity contribution in [1.82, 2.24) is 9.88 Å². The largest absolute Gasteiger partial charge is 0.412 e. The highest BCUT2D eigenvalue weighted by Gasteiger charge is 2.35. The molecule has 0 radical (unpaired) electrons. The Kier molecular flexibility index (Phi) is 3.55. The van der Waals surface area contributed by atoms with Crippen molar-refractivity contribution in [2.24, 2.45) is 0 Å². The molecule has 1 aliphatic heterocycles. The number of amides is 1. The Morgan fingerprint density at radius 3 is 2.53 bits per heavy atom. The van der Waals surface area contributed by atoms with Crippen molar-refractivity contribution in [2.45, 2.75) is 12.6 Å². The number of rotatable bonds is 1. The summed E-state index contributed by atoms with van der Waals surface area (Å²) in [5, 5.41) is 0. The Bertz CT molecular complexity index is 507. The van der Waals surface area contributed by atoms with Gasteiger partial charge in [-0.1, -0.05) is 6.08 Å². The monoisotopic (exact) mass is 274 g/mol. The maximum atomic E-state index is 12.6. The number of pyridine rings is 1. The van der Waals surface area contributed by atoms with E-state index < -0.39 is 23.6 Å². The molecular formula is C12H10F4N2O. The van der Waals surface area contributed by atoms with E-state index in [-0.39, 0.29) is 25.1 Å². The summed E-state index contributed by atoms with van der Waals surface area (Å²) >= 11 is 0. The van der Waals surface area contributed by atoms with Crippen molar-refractivity contribution >= 4 is 5.91 Å². The number of nitrogens with zero attached hydrogens (tertiary/aromatic N) is 2. The quantitative estimate of drug-likeness (QED) is 0.448. The highest BCUT2D eigenvalue weighted by molar-refractivity contribution is 5.94. The van der Waals surface area contributed by atoms with Crippen LogP contribution in [0.15, 0.2) is 30.0 Å². The molecule has 7 heteroatoms. The van der Waals surface area contributed by atoms with Crippen LogP contribution in [0, 0.1) is 5.95 Å². The van der Waals surface area contributed by atoms with Crippen LogP contribution in [-0.4, -0.2) is 35.1 Å². The summed E-state index contributed by atoms with van der Waals surface area (Å²) in [6, 6.07) is 2.29. The fourth-order valence-electron chi connectivity index (χ4n) is 1.80. The summed E-state index contributed by atoms with van der Waals surface area (Å²) in [7, 11) is 0. The molecule has 1 amide bonds. The number of aromatic nitrogens is 1. The molecule has 0 spiro atoms. The van der Waals surface area contributed by atoms with E-state index in [0.717, 1.165) is 18.3 Å². The lowest BCUT2D eigenvalue weighted by Gasteiger charge is -2.27. The van der Waals surface area contributed by atoms with Crippen LogP contribution in [-0.2, 0) is 0 Å². The Hall–Kier alpha value is -1.92. The van der Waals surface area contributed by atoms with Gasteiger partial charge in [-0.2, -0.15) is 17.6 Å². The van der Waals surface area contributed by atoms with E-state index in [4.69, 9.17) is 0 Å². The lowest BCUT2D eigenvalue weighted by Crippen LogP contribution is -2.36. The normalized spacial score (nSPS) is 16.2. The first kappa shape index (κ1) is 13.5. The molecule has 0 bridgehead atoms. The molecule has 1 aliphatic rings. The van der Waals surface area contributed by atoms with Crippen LogP contribution in [0.2, 0.25) is 0 Å². The summed E-state index contributed by atoms with van der Waals surface area (Å²) < 4.78 is 49.8. The minimum Gasteiger partial charge on any atom is -0.335 e. The van der Waals surface area contributed by atoms with Gasteiger partial charge in [0.1, 0.15) is 0 Å². The van der Waals surface area contributed by atoms with E-state index in [1.807, 2.05) is 0 Å². The van der Waals surface area contributed by atoms with Gasteiger partial charge in [0.25, 0.3) is 5.91 Å². The molecule has 0 unspecified atom stereocenters. The zero-order valence-corrected chi connectivity index (χ0v) is 9.75. The molecule has 102 valence electrons. The van der Waals surface area contributed by atoms with Crippen LogP contribution in [0.5, 0.6) is 0 Å². The van der Waals surface area contributed by atoms with Gasteiger partial charge < -0.3 is 4.90 Å². The topological polar surface area (TPSA) is 33.2 Å². The minimum atomic E-state index is -4.34. The third-order valence-corrected chi connectivity index (χ3v) is 2.83. The molecule has 0 N–H and O–H groups in total. The van der Waals surface area contributed by atoms with Gasteiger partial charge >= 0.3 is 6.18 Å². The van der Waals surface area contributed by atoms with Crippen molar-refractivity contribution in [3.05, 3.63) is 41.5 Å². The molecule has 0 saturated carbocycles. The lowest BCUT2D eigenvalue weighted by molar-refractivity contribution is -0.0957. The van der Waals surface area contributed by atoms with E-state index in [1.165, 1.54) is 11.0 Å². The van der Waals surface area contributed by atoms with Gasteiger partial charge in [0.15, 0.2) is 0 Å². The number of halogens is 4. The summed E-state index contributed by atoms with van der Waals surface area (Å²) in [4.78, 5) is 16.5. The number of hydrogen-bond donors (Lipinski definition) is 0. The summed E-state index contributed by atoms with van der Waals surface area (Å²) in [6.07, 6.45) is -2.50. The standard InChI is InChI=1S/C12H10F4N2O/c13-10-2-1-8(7-17-10)11(19)18-5-3-9(4-6-18)12(14,15)16/h1-3,7H,4-6H2. The second kappa shape index (κ2) is 4.99. The van der Waals surface area contributed by atoms with E-state index in [1.54, 1.807) is 0 Å².